The van der Waals surface area contributed by atoms with Gasteiger partial charge in [0.05, 0.1) is 0 Å². The van der Waals surface area contributed by atoms with Crippen molar-refractivity contribution in [1.82, 2.24) is 10.2 Å². The summed E-state index contributed by atoms with van der Waals surface area (Å²) in [6.45, 7) is 7.35. The van der Waals surface area contributed by atoms with Crippen LogP contribution in [0.15, 0.2) is 0 Å². The number of nitrogens with zero attached hydrogens (tertiary/aromatic N) is 1. The molecule has 2 aliphatic carbocycles. The minimum Gasteiger partial charge on any atom is -0.311 e. The zero-order chi connectivity index (χ0) is 14.7. The van der Waals surface area contributed by atoms with Crippen LogP contribution in [-0.4, -0.2) is 35.6 Å². The van der Waals surface area contributed by atoms with E-state index in [1.807, 2.05) is 0 Å². The lowest BCUT2D eigenvalue weighted by Crippen LogP contribution is -2.68. The molecule has 0 aromatic heterocycles. The second kappa shape index (κ2) is 7.00. The molecule has 122 valence electrons. The zero-order valence-electron chi connectivity index (χ0n) is 14.4. The maximum Gasteiger partial charge on any atom is 0.0337 e. The fourth-order valence-electron chi connectivity index (χ4n) is 5.12. The molecule has 1 saturated heterocycles. The number of hydrogen-bond donors (Lipinski definition) is 1. The van der Waals surface area contributed by atoms with Gasteiger partial charge in [0.15, 0.2) is 0 Å². The van der Waals surface area contributed by atoms with Gasteiger partial charge in [0.25, 0.3) is 0 Å². The first-order valence-electron chi connectivity index (χ1n) is 9.71. The molecule has 1 spiro atoms. The third kappa shape index (κ3) is 3.47. The molecule has 2 saturated carbocycles. The van der Waals surface area contributed by atoms with Crippen molar-refractivity contribution < 1.29 is 0 Å². The lowest BCUT2D eigenvalue weighted by atomic mass is 9.76. The molecule has 0 bridgehead atoms. The second-order valence-corrected chi connectivity index (χ2v) is 8.31. The molecule has 1 unspecified atom stereocenters. The molecule has 0 radical (unpaired) electrons. The number of hydrogen-bond acceptors (Lipinski definition) is 2. The van der Waals surface area contributed by atoms with E-state index in [9.17, 15) is 0 Å². The summed E-state index contributed by atoms with van der Waals surface area (Å²) in [5, 5.41) is 3.92. The topological polar surface area (TPSA) is 15.3 Å². The summed E-state index contributed by atoms with van der Waals surface area (Å²) < 4.78 is 0. The third-order valence-corrected chi connectivity index (χ3v) is 6.55. The smallest absolute Gasteiger partial charge is 0.0337 e. The fourth-order valence-corrected chi connectivity index (χ4v) is 5.12. The Bertz CT molecular complexity index is 312. The van der Waals surface area contributed by atoms with Gasteiger partial charge >= 0.3 is 0 Å². The Labute approximate surface area is 132 Å². The van der Waals surface area contributed by atoms with Crippen LogP contribution in [0.2, 0.25) is 0 Å². The largest absolute Gasteiger partial charge is 0.311 e. The van der Waals surface area contributed by atoms with Gasteiger partial charge in [-0.25, -0.2) is 0 Å². The van der Waals surface area contributed by atoms with E-state index in [4.69, 9.17) is 0 Å². The molecule has 2 heteroatoms. The van der Waals surface area contributed by atoms with Crippen LogP contribution in [0, 0.1) is 5.92 Å². The van der Waals surface area contributed by atoms with Crippen LogP contribution in [0.3, 0.4) is 0 Å². The Morgan fingerprint density at radius 1 is 0.905 bits per heavy atom. The van der Waals surface area contributed by atoms with Crippen molar-refractivity contribution in [2.24, 2.45) is 5.92 Å². The summed E-state index contributed by atoms with van der Waals surface area (Å²) >= 11 is 0. The van der Waals surface area contributed by atoms with Gasteiger partial charge < -0.3 is 5.32 Å². The highest BCUT2D eigenvalue weighted by Crippen LogP contribution is 2.39. The van der Waals surface area contributed by atoms with Crippen LogP contribution in [-0.2, 0) is 0 Å². The van der Waals surface area contributed by atoms with Crippen molar-refractivity contribution in [2.75, 3.05) is 13.1 Å². The molecule has 21 heavy (non-hydrogen) atoms. The van der Waals surface area contributed by atoms with Gasteiger partial charge in [-0.15, -0.1) is 0 Å². The highest BCUT2D eigenvalue weighted by Gasteiger charge is 2.45. The highest BCUT2D eigenvalue weighted by atomic mass is 15.3. The molecular formula is C19H36N2. The lowest BCUT2D eigenvalue weighted by Gasteiger charge is -2.55. The first-order chi connectivity index (χ1) is 10.2. The predicted octanol–water partition coefficient (Wildman–Crippen LogP) is 4.34. The number of piperazine rings is 1. The van der Waals surface area contributed by atoms with E-state index in [0.717, 1.165) is 12.0 Å². The van der Waals surface area contributed by atoms with Gasteiger partial charge in [-0.2, -0.15) is 0 Å². The molecule has 1 N–H and O–H groups in total. The van der Waals surface area contributed by atoms with Gasteiger partial charge in [0, 0.05) is 30.7 Å². The van der Waals surface area contributed by atoms with Crippen molar-refractivity contribution in [3.63, 3.8) is 0 Å². The molecule has 1 atom stereocenters. The average molecular weight is 293 g/mol. The molecule has 3 fully saturated rings. The molecule has 3 rings (SSSR count). The molecule has 1 heterocycles. The maximum atomic E-state index is 3.92. The standard InChI is InChI=1S/C19H36N2/c1-16(2)18-14-21(17-10-6-3-4-7-11-17)19(15-20-18)12-8-5-9-13-19/h16-18,20H,3-15H2,1-2H3. The van der Waals surface area contributed by atoms with E-state index in [-0.39, 0.29) is 0 Å². The minimum absolute atomic E-state index is 0.513. The number of nitrogens with one attached hydrogen (secondary N) is 1. The third-order valence-electron chi connectivity index (χ3n) is 6.55. The summed E-state index contributed by atoms with van der Waals surface area (Å²) in [5.74, 6) is 0.763. The monoisotopic (exact) mass is 292 g/mol. The molecule has 1 aliphatic heterocycles. The fraction of sp³-hybridized carbons (Fsp3) is 1.00. The summed E-state index contributed by atoms with van der Waals surface area (Å²) in [5.41, 5.74) is 0.513. The SMILES string of the molecule is CC(C)C1CN(C2CCCCCC2)C2(CCCCC2)CN1. The van der Waals surface area contributed by atoms with Gasteiger partial charge in [-0.3, -0.25) is 4.90 Å². The van der Waals surface area contributed by atoms with E-state index < -0.39 is 0 Å². The van der Waals surface area contributed by atoms with Gasteiger partial charge in [0.2, 0.25) is 0 Å². The van der Waals surface area contributed by atoms with Crippen LogP contribution in [0.25, 0.3) is 0 Å². The Kier molecular flexibility index (Phi) is 5.27. The molecule has 0 aromatic rings. The normalized spacial score (nSPS) is 32.4. The van der Waals surface area contributed by atoms with E-state index >= 15 is 0 Å². The average Bonchev–Trinajstić information content (AvgIpc) is 2.77. The Hall–Kier alpha value is -0.0800. The molecule has 0 aromatic carbocycles. The molecular weight excluding hydrogens is 256 g/mol. The summed E-state index contributed by atoms with van der Waals surface area (Å²) in [6.07, 6.45) is 16.1. The van der Waals surface area contributed by atoms with Gasteiger partial charge in [-0.1, -0.05) is 58.8 Å². The van der Waals surface area contributed by atoms with Crippen molar-refractivity contribution >= 4 is 0 Å². The van der Waals surface area contributed by atoms with Crippen LogP contribution in [0.4, 0.5) is 0 Å². The van der Waals surface area contributed by atoms with Crippen LogP contribution < -0.4 is 5.32 Å². The number of rotatable bonds is 2. The predicted molar refractivity (Wildman–Crippen MR) is 90.6 cm³/mol. The van der Waals surface area contributed by atoms with E-state index in [2.05, 4.69) is 24.1 Å². The first-order valence-corrected chi connectivity index (χ1v) is 9.71. The van der Waals surface area contributed by atoms with E-state index in [0.29, 0.717) is 11.6 Å². The van der Waals surface area contributed by atoms with Crippen molar-refractivity contribution in [1.29, 1.82) is 0 Å². The van der Waals surface area contributed by atoms with E-state index in [1.54, 1.807) is 0 Å². The first kappa shape index (κ1) is 15.8. The summed E-state index contributed by atoms with van der Waals surface area (Å²) in [6, 6.07) is 1.59. The van der Waals surface area contributed by atoms with E-state index in [1.165, 1.54) is 83.7 Å². The molecule has 3 aliphatic rings. The quantitative estimate of drug-likeness (QED) is 0.762. The Morgan fingerprint density at radius 2 is 1.52 bits per heavy atom. The lowest BCUT2D eigenvalue weighted by molar-refractivity contribution is -0.0334. The summed E-state index contributed by atoms with van der Waals surface area (Å²) in [7, 11) is 0. The minimum atomic E-state index is 0.513. The maximum absolute atomic E-state index is 3.92. The van der Waals surface area contributed by atoms with Crippen molar-refractivity contribution in [3.8, 4) is 0 Å². The second-order valence-electron chi connectivity index (χ2n) is 8.31. The molecule has 2 nitrogen and oxygen atoms in total. The van der Waals surface area contributed by atoms with Gasteiger partial charge in [0.1, 0.15) is 0 Å². The van der Waals surface area contributed by atoms with Crippen LogP contribution >= 0.6 is 0 Å². The Balaban J connectivity index is 1.77. The van der Waals surface area contributed by atoms with Gasteiger partial charge in [-0.05, 0) is 31.6 Å². The zero-order valence-corrected chi connectivity index (χ0v) is 14.4. The summed E-state index contributed by atoms with van der Waals surface area (Å²) in [4.78, 5) is 3.03. The Morgan fingerprint density at radius 3 is 2.14 bits per heavy atom. The molecule has 0 amide bonds. The highest BCUT2D eigenvalue weighted by molar-refractivity contribution is 5.03. The van der Waals surface area contributed by atoms with Crippen molar-refractivity contribution in [3.05, 3.63) is 0 Å². The van der Waals surface area contributed by atoms with Crippen LogP contribution in [0.1, 0.15) is 84.5 Å². The van der Waals surface area contributed by atoms with Crippen LogP contribution in [0.5, 0.6) is 0 Å². The van der Waals surface area contributed by atoms with Crippen molar-refractivity contribution in [2.45, 2.75) is 102 Å².